The number of nitrogens with one attached hydrogen (secondary N) is 2. The summed E-state index contributed by atoms with van der Waals surface area (Å²) in [6.45, 7) is 6.16. The topological polar surface area (TPSA) is 130 Å². The van der Waals surface area contributed by atoms with Gasteiger partial charge in [-0.15, -0.1) is 0 Å². The molecule has 0 aliphatic heterocycles. The van der Waals surface area contributed by atoms with Crippen molar-refractivity contribution in [3.63, 3.8) is 0 Å². The average molecular weight is 348 g/mol. The van der Waals surface area contributed by atoms with Crippen molar-refractivity contribution in [2.24, 2.45) is 0 Å². The van der Waals surface area contributed by atoms with E-state index in [0.29, 0.717) is 6.21 Å². The standard InChI is InChI=1S/C14H24N2O6S/c1-9(2)22-14(19)12(6-5-11(17)7-15)16-13(18)8-23(20,21)10(3)4/h7,9-10,12,15H,5-6,8H2,1-4H3,(H,16,18)/t12-/m0/s1. The van der Waals surface area contributed by atoms with Crippen LogP contribution in [0.5, 0.6) is 0 Å². The van der Waals surface area contributed by atoms with Gasteiger partial charge in [0.05, 0.1) is 17.6 Å². The zero-order valence-electron chi connectivity index (χ0n) is 13.8. The average Bonchev–Trinajstić information content (AvgIpc) is 2.41. The molecule has 0 rings (SSSR count). The molecule has 8 nitrogen and oxygen atoms in total. The van der Waals surface area contributed by atoms with E-state index in [1.54, 1.807) is 13.8 Å². The minimum atomic E-state index is -3.60. The highest BCUT2D eigenvalue weighted by molar-refractivity contribution is 7.92. The van der Waals surface area contributed by atoms with E-state index in [4.69, 9.17) is 10.1 Å². The van der Waals surface area contributed by atoms with Crippen molar-refractivity contribution in [2.75, 3.05) is 5.75 Å². The van der Waals surface area contributed by atoms with E-state index in [0.717, 1.165) is 0 Å². The molecule has 0 heterocycles. The van der Waals surface area contributed by atoms with E-state index in [2.05, 4.69) is 5.32 Å². The van der Waals surface area contributed by atoms with Gasteiger partial charge in [-0.3, -0.25) is 9.59 Å². The first-order valence-corrected chi connectivity index (χ1v) is 8.95. The number of esters is 1. The number of hydrogen-bond acceptors (Lipinski definition) is 7. The molecular formula is C14H24N2O6S. The first-order chi connectivity index (χ1) is 10.5. The lowest BCUT2D eigenvalue weighted by Gasteiger charge is -2.19. The second kappa shape index (κ2) is 9.39. The van der Waals surface area contributed by atoms with Crippen LogP contribution in [0, 0.1) is 5.41 Å². The molecule has 0 saturated heterocycles. The fourth-order valence-electron chi connectivity index (χ4n) is 1.51. The van der Waals surface area contributed by atoms with Crippen molar-refractivity contribution in [3.8, 4) is 0 Å². The number of carbonyl (C=O) groups excluding carboxylic acids is 3. The smallest absolute Gasteiger partial charge is 0.328 e. The number of hydrogen-bond donors (Lipinski definition) is 2. The molecule has 0 aliphatic carbocycles. The van der Waals surface area contributed by atoms with Crippen LogP contribution in [0.2, 0.25) is 0 Å². The fourth-order valence-corrected chi connectivity index (χ4v) is 2.29. The Hall–Kier alpha value is -1.77. The summed E-state index contributed by atoms with van der Waals surface area (Å²) in [5, 5.41) is 8.40. The van der Waals surface area contributed by atoms with E-state index in [1.165, 1.54) is 13.8 Å². The van der Waals surface area contributed by atoms with Crippen LogP contribution in [0.25, 0.3) is 0 Å². The van der Waals surface area contributed by atoms with Crippen LogP contribution >= 0.6 is 0 Å². The minimum Gasteiger partial charge on any atom is -0.461 e. The Morgan fingerprint density at radius 3 is 2.17 bits per heavy atom. The SMILES string of the molecule is CC(C)OC(=O)[C@H](CCC(=O)C=N)NC(=O)CS(=O)(=O)C(C)C. The predicted octanol–water partition coefficient (Wildman–Crippen LogP) is 0.245. The predicted molar refractivity (Wildman–Crippen MR) is 85.1 cm³/mol. The molecular weight excluding hydrogens is 324 g/mol. The number of Topliss-reactive ketones (excluding diaryl/α,β-unsaturated/α-hetero) is 1. The van der Waals surface area contributed by atoms with Crippen LogP contribution in [0.3, 0.4) is 0 Å². The number of ketones is 1. The Labute approximate surface area is 136 Å². The Morgan fingerprint density at radius 1 is 1.17 bits per heavy atom. The molecule has 0 spiro atoms. The van der Waals surface area contributed by atoms with Gasteiger partial charge in [-0.1, -0.05) is 0 Å². The maximum absolute atomic E-state index is 11.9. The summed E-state index contributed by atoms with van der Waals surface area (Å²) < 4.78 is 28.4. The largest absolute Gasteiger partial charge is 0.461 e. The normalized spacial score (nSPS) is 12.8. The molecule has 0 radical (unpaired) electrons. The summed E-state index contributed by atoms with van der Waals surface area (Å²) in [6, 6.07) is -1.13. The van der Waals surface area contributed by atoms with Crippen molar-refractivity contribution in [2.45, 2.75) is 57.9 Å². The quantitative estimate of drug-likeness (QED) is 0.430. The van der Waals surface area contributed by atoms with Crippen LogP contribution in [0.1, 0.15) is 40.5 Å². The third kappa shape index (κ3) is 8.44. The number of rotatable bonds is 10. The molecule has 132 valence electrons. The molecule has 0 saturated carbocycles. The van der Waals surface area contributed by atoms with Crippen molar-refractivity contribution in [1.82, 2.24) is 5.32 Å². The lowest BCUT2D eigenvalue weighted by Crippen LogP contribution is -2.45. The molecule has 0 aliphatic rings. The van der Waals surface area contributed by atoms with E-state index in [-0.39, 0.29) is 12.8 Å². The van der Waals surface area contributed by atoms with Gasteiger partial charge in [0, 0.05) is 6.42 Å². The van der Waals surface area contributed by atoms with Gasteiger partial charge < -0.3 is 15.5 Å². The number of carbonyl (C=O) groups is 3. The summed E-state index contributed by atoms with van der Waals surface area (Å²) in [5.74, 6) is -2.81. The van der Waals surface area contributed by atoms with Crippen molar-refractivity contribution >= 4 is 33.7 Å². The fraction of sp³-hybridized carbons (Fsp3) is 0.714. The highest BCUT2D eigenvalue weighted by Crippen LogP contribution is 2.05. The minimum absolute atomic E-state index is 0.0623. The molecule has 2 N–H and O–H groups in total. The van der Waals surface area contributed by atoms with Gasteiger partial charge in [0.15, 0.2) is 15.6 Å². The van der Waals surface area contributed by atoms with Crippen molar-refractivity contribution in [3.05, 3.63) is 0 Å². The maximum Gasteiger partial charge on any atom is 0.328 e. The summed E-state index contributed by atoms with van der Waals surface area (Å²) in [4.78, 5) is 34.9. The summed E-state index contributed by atoms with van der Waals surface area (Å²) in [5.41, 5.74) is 0. The monoisotopic (exact) mass is 348 g/mol. The van der Waals surface area contributed by atoms with Crippen molar-refractivity contribution < 1.29 is 27.5 Å². The van der Waals surface area contributed by atoms with Crippen LogP contribution in [0.15, 0.2) is 0 Å². The van der Waals surface area contributed by atoms with Gasteiger partial charge in [-0.05, 0) is 34.1 Å². The molecule has 0 aromatic carbocycles. The van der Waals surface area contributed by atoms with Crippen LogP contribution in [0.4, 0.5) is 0 Å². The summed E-state index contributed by atoms with van der Waals surface area (Å²) >= 11 is 0. The Morgan fingerprint density at radius 2 is 1.74 bits per heavy atom. The Balaban J connectivity index is 4.92. The lowest BCUT2D eigenvalue weighted by molar-refractivity contribution is -0.151. The number of sulfone groups is 1. The molecule has 23 heavy (non-hydrogen) atoms. The Bertz CT molecular complexity index is 554. The van der Waals surface area contributed by atoms with Crippen molar-refractivity contribution in [1.29, 1.82) is 5.41 Å². The second-order valence-corrected chi connectivity index (χ2v) is 8.17. The van der Waals surface area contributed by atoms with E-state index < -0.39 is 50.6 Å². The van der Waals surface area contributed by atoms with Gasteiger partial charge in [0.25, 0.3) is 0 Å². The first kappa shape index (κ1) is 21.2. The van der Waals surface area contributed by atoms with Gasteiger partial charge in [0.1, 0.15) is 11.8 Å². The third-order valence-electron chi connectivity index (χ3n) is 2.86. The summed E-state index contributed by atoms with van der Waals surface area (Å²) in [7, 11) is -3.60. The van der Waals surface area contributed by atoms with E-state index >= 15 is 0 Å². The first-order valence-electron chi connectivity index (χ1n) is 7.24. The van der Waals surface area contributed by atoms with E-state index in [9.17, 15) is 22.8 Å². The van der Waals surface area contributed by atoms with E-state index in [1.807, 2.05) is 0 Å². The zero-order chi connectivity index (χ0) is 18.2. The molecule has 1 amide bonds. The lowest BCUT2D eigenvalue weighted by atomic mass is 10.1. The Kier molecular flexibility index (Phi) is 8.66. The number of ether oxygens (including phenoxy) is 1. The van der Waals surface area contributed by atoms with Gasteiger partial charge in [0.2, 0.25) is 5.91 Å². The zero-order valence-corrected chi connectivity index (χ0v) is 14.6. The third-order valence-corrected chi connectivity index (χ3v) is 4.96. The molecule has 0 aromatic rings. The maximum atomic E-state index is 11.9. The molecule has 0 aromatic heterocycles. The van der Waals surface area contributed by atoms with Gasteiger partial charge >= 0.3 is 5.97 Å². The molecule has 0 bridgehead atoms. The molecule has 1 atom stereocenters. The highest BCUT2D eigenvalue weighted by atomic mass is 32.2. The van der Waals surface area contributed by atoms with Crippen LogP contribution < -0.4 is 5.32 Å². The van der Waals surface area contributed by atoms with Gasteiger partial charge in [-0.2, -0.15) is 0 Å². The highest BCUT2D eigenvalue weighted by Gasteiger charge is 2.27. The molecule has 9 heteroatoms. The molecule has 0 fully saturated rings. The second-order valence-electron chi connectivity index (χ2n) is 5.61. The van der Waals surface area contributed by atoms with Gasteiger partial charge in [-0.25, -0.2) is 13.2 Å². The van der Waals surface area contributed by atoms with Crippen LogP contribution in [-0.2, 0) is 29.0 Å². The van der Waals surface area contributed by atoms with Crippen LogP contribution in [-0.4, -0.2) is 55.4 Å². The summed E-state index contributed by atoms with van der Waals surface area (Å²) in [6.07, 6.45) is 0.0153. The number of amides is 1. The molecule has 0 unspecified atom stereocenters.